The molecule has 1 amide bonds. The molecule has 4 nitrogen and oxygen atoms in total. The van der Waals surface area contributed by atoms with Gasteiger partial charge in [0, 0.05) is 19.0 Å². The van der Waals surface area contributed by atoms with Gasteiger partial charge in [-0.15, -0.1) is 0 Å². The molecule has 0 unspecified atom stereocenters. The summed E-state index contributed by atoms with van der Waals surface area (Å²) < 4.78 is 5.16. The van der Waals surface area contributed by atoms with Crippen LogP contribution >= 0.6 is 0 Å². The van der Waals surface area contributed by atoms with Crippen molar-refractivity contribution >= 4 is 5.91 Å². The van der Waals surface area contributed by atoms with Crippen molar-refractivity contribution in [1.82, 2.24) is 10.1 Å². The van der Waals surface area contributed by atoms with Gasteiger partial charge in [0.25, 0.3) is 0 Å². The van der Waals surface area contributed by atoms with Crippen LogP contribution in [0.4, 0.5) is 0 Å². The Kier molecular flexibility index (Phi) is 4.01. The number of carbonyl (C=O) groups is 1. The predicted molar refractivity (Wildman–Crippen MR) is 84.6 cm³/mol. The number of aryl methyl sites for hydroxylation is 3. The van der Waals surface area contributed by atoms with Crippen molar-refractivity contribution in [3.05, 3.63) is 52.4 Å². The molecule has 0 saturated heterocycles. The lowest BCUT2D eigenvalue weighted by atomic mass is 10.1. The molecule has 116 valence electrons. The minimum Gasteiger partial charge on any atom is -0.361 e. The molecular formula is C18H22N2O2. The highest BCUT2D eigenvalue weighted by Gasteiger charge is 2.28. The van der Waals surface area contributed by atoms with E-state index >= 15 is 0 Å². The first kappa shape index (κ1) is 14.8. The monoisotopic (exact) mass is 298 g/mol. The zero-order valence-electron chi connectivity index (χ0n) is 13.4. The van der Waals surface area contributed by atoms with E-state index in [1.165, 1.54) is 11.1 Å². The zero-order valence-corrected chi connectivity index (χ0v) is 13.4. The highest BCUT2D eigenvalue weighted by Crippen LogP contribution is 2.35. The second-order valence-electron chi connectivity index (χ2n) is 6.06. The van der Waals surface area contributed by atoms with Gasteiger partial charge < -0.3 is 9.42 Å². The smallest absolute Gasteiger partial charge is 0.223 e. The Morgan fingerprint density at radius 2 is 2.14 bits per heavy atom. The summed E-state index contributed by atoms with van der Waals surface area (Å²) in [6, 6.07) is 8.65. The summed E-state index contributed by atoms with van der Waals surface area (Å²) in [5.74, 6) is 1.00. The van der Waals surface area contributed by atoms with Gasteiger partial charge in [0.05, 0.1) is 11.7 Å². The first-order chi connectivity index (χ1) is 10.6. The number of aromatic nitrogens is 1. The second kappa shape index (κ2) is 5.95. The molecule has 4 heteroatoms. The number of amides is 1. The molecular weight excluding hydrogens is 276 g/mol. The first-order valence-electron chi connectivity index (χ1n) is 7.83. The van der Waals surface area contributed by atoms with Gasteiger partial charge in [0.15, 0.2) is 0 Å². The van der Waals surface area contributed by atoms with Crippen molar-refractivity contribution in [2.24, 2.45) is 0 Å². The van der Waals surface area contributed by atoms with Gasteiger partial charge in [-0.25, -0.2) is 0 Å². The van der Waals surface area contributed by atoms with Crippen molar-refractivity contribution < 1.29 is 9.32 Å². The maximum atomic E-state index is 12.5. The van der Waals surface area contributed by atoms with E-state index in [4.69, 9.17) is 4.52 Å². The topological polar surface area (TPSA) is 46.3 Å². The number of hydrogen-bond acceptors (Lipinski definition) is 3. The minimum atomic E-state index is 0.182. The van der Waals surface area contributed by atoms with Crippen LogP contribution in [-0.2, 0) is 17.6 Å². The molecule has 1 heterocycles. The van der Waals surface area contributed by atoms with Crippen LogP contribution < -0.4 is 0 Å². The van der Waals surface area contributed by atoms with Crippen LogP contribution in [0.2, 0.25) is 0 Å². The normalized spacial score (nSPS) is 16.6. The van der Waals surface area contributed by atoms with Crippen LogP contribution in [0, 0.1) is 13.8 Å². The van der Waals surface area contributed by atoms with E-state index in [9.17, 15) is 4.79 Å². The van der Waals surface area contributed by atoms with E-state index in [2.05, 4.69) is 29.4 Å². The average Bonchev–Trinajstić information content (AvgIpc) is 3.08. The van der Waals surface area contributed by atoms with E-state index in [1.54, 1.807) is 0 Å². The van der Waals surface area contributed by atoms with E-state index in [0.717, 1.165) is 29.9 Å². The van der Waals surface area contributed by atoms with Gasteiger partial charge >= 0.3 is 0 Å². The van der Waals surface area contributed by atoms with Crippen LogP contribution in [-0.4, -0.2) is 23.0 Å². The van der Waals surface area contributed by atoms with Crippen LogP contribution in [0.5, 0.6) is 0 Å². The lowest BCUT2D eigenvalue weighted by Gasteiger charge is -2.25. The Hall–Kier alpha value is -2.10. The third kappa shape index (κ3) is 2.65. The summed E-state index contributed by atoms with van der Waals surface area (Å²) in [5.41, 5.74) is 4.63. The molecule has 0 N–H and O–H groups in total. The fraction of sp³-hybridized carbons (Fsp3) is 0.444. The standard InChI is InChI=1S/C18H22N2O2/c1-12-15(13(2)22-19-12)9-11-18(21)20(3)17-10-8-14-6-4-5-7-16(14)17/h4-7,17H,8-11H2,1-3H3/t17-/m0/s1. The number of carbonyl (C=O) groups excluding carboxylic acids is 1. The predicted octanol–water partition coefficient (Wildman–Crippen LogP) is 3.37. The van der Waals surface area contributed by atoms with E-state index in [-0.39, 0.29) is 11.9 Å². The minimum absolute atomic E-state index is 0.182. The molecule has 1 aliphatic carbocycles. The molecule has 0 aliphatic heterocycles. The Balaban J connectivity index is 1.66. The summed E-state index contributed by atoms with van der Waals surface area (Å²) in [6.07, 6.45) is 3.27. The molecule has 3 rings (SSSR count). The SMILES string of the molecule is Cc1noc(C)c1CCC(=O)N(C)[C@H]1CCc2ccccc21. The number of benzene rings is 1. The second-order valence-corrected chi connectivity index (χ2v) is 6.06. The highest BCUT2D eigenvalue weighted by atomic mass is 16.5. The molecule has 0 bridgehead atoms. The van der Waals surface area contributed by atoms with Gasteiger partial charge in [0.1, 0.15) is 5.76 Å². The fourth-order valence-corrected chi connectivity index (χ4v) is 3.38. The molecule has 1 aromatic carbocycles. The van der Waals surface area contributed by atoms with E-state index < -0.39 is 0 Å². The van der Waals surface area contributed by atoms with Crippen LogP contribution in [0.25, 0.3) is 0 Å². The van der Waals surface area contributed by atoms with Crippen molar-refractivity contribution in [2.75, 3.05) is 7.05 Å². The first-order valence-corrected chi connectivity index (χ1v) is 7.83. The Bertz CT molecular complexity index is 671. The molecule has 0 radical (unpaired) electrons. The maximum Gasteiger partial charge on any atom is 0.223 e. The van der Waals surface area contributed by atoms with Crippen LogP contribution in [0.1, 0.15) is 47.0 Å². The zero-order chi connectivity index (χ0) is 15.7. The quantitative estimate of drug-likeness (QED) is 0.869. The van der Waals surface area contributed by atoms with Gasteiger partial charge in [-0.2, -0.15) is 0 Å². The van der Waals surface area contributed by atoms with Crippen LogP contribution in [0.3, 0.4) is 0 Å². The van der Waals surface area contributed by atoms with Gasteiger partial charge in [0.2, 0.25) is 5.91 Å². The van der Waals surface area contributed by atoms with Crippen molar-refractivity contribution in [3.8, 4) is 0 Å². The molecule has 1 aromatic heterocycles. The number of hydrogen-bond donors (Lipinski definition) is 0. The van der Waals surface area contributed by atoms with Crippen molar-refractivity contribution in [2.45, 2.75) is 45.6 Å². The summed E-state index contributed by atoms with van der Waals surface area (Å²) in [6.45, 7) is 3.82. The third-order valence-electron chi connectivity index (χ3n) is 4.73. The third-order valence-corrected chi connectivity index (χ3v) is 4.73. The van der Waals surface area contributed by atoms with E-state index in [1.807, 2.05) is 25.8 Å². The number of nitrogens with zero attached hydrogens (tertiary/aromatic N) is 2. The molecule has 0 spiro atoms. The largest absolute Gasteiger partial charge is 0.361 e. The molecule has 1 aliphatic rings. The van der Waals surface area contributed by atoms with Gasteiger partial charge in [-0.1, -0.05) is 29.4 Å². The highest BCUT2D eigenvalue weighted by molar-refractivity contribution is 5.77. The molecule has 2 aromatic rings. The summed E-state index contributed by atoms with van der Waals surface area (Å²) in [5, 5.41) is 3.95. The molecule has 0 fully saturated rings. The fourth-order valence-electron chi connectivity index (χ4n) is 3.38. The molecule has 22 heavy (non-hydrogen) atoms. The summed E-state index contributed by atoms with van der Waals surface area (Å²) in [4.78, 5) is 14.4. The summed E-state index contributed by atoms with van der Waals surface area (Å²) in [7, 11) is 1.92. The average molecular weight is 298 g/mol. The van der Waals surface area contributed by atoms with Gasteiger partial charge in [-0.05, 0) is 44.2 Å². The molecule has 1 atom stereocenters. The lowest BCUT2D eigenvalue weighted by Crippen LogP contribution is -2.30. The van der Waals surface area contributed by atoms with Crippen molar-refractivity contribution in [1.29, 1.82) is 0 Å². The van der Waals surface area contributed by atoms with Crippen molar-refractivity contribution in [3.63, 3.8) is 0 Å². The maximum absolute atomic E-state index is 12.5. The van der Waals surface area contributed by atoms with Crippen LogP contribution in [0.15, 0.2) is 28.8 Å². The number of fused-ring (bicyclic) bond motifs is 1. The Morgan fingerprint density at radius 3 is 2.86 bits per heavy atom. The Labute approximate surface area is 131 Å². The molecule has 0 saturated carbocycles. The Morgan fingerprint density at radius 1 is 1.36 bits per heavy atom. The number of rotatable bonds is 4. The summed E-state index contributed by atoms with van der Waals surface area (Å²) >= 11 is 0. The van der Waals surface area contributed by atoms with E-state index in [0.29, 0.717) is 12.8 Å². The van der Waals surface area contributed by atoms with Gasteiger partial charge in [-0.3, -0.25) is 4.79 Å². The lowest BCUT2D eigenvalue weighted by molar-refractivity contribution is -0.132.